The van der Waals surface area contributed by atoms with Crippen LogP contribution in [0.3, 0.4) is 0 Å². The molecule has 54 valence electrons. The Balaban J connectivity index is 2.19. The van der Waals surface area contributed by atoms with Crippen molar-refractivity contribution in [1.82, 2.24) is 0 Å². The van der Waals surface area contributed by atoms with Crippen LogP contribution in [0.2, 0.25) is 0 Å². The molecule has 1 heterocycles. The summed E-state index contributed by atoms with van der Waals surface area (Å²) in [5.41, 5.74) is 1.63. The van der Waals surface area contributed by atoms with Crippen LogP contribution in [0.4, 0.5) is 0 Å². The molecule has 0 aromatic carbocycles. The summed E-state index contributed by atoms with van der Waals surface area (Å²) in [6.07, 6.45) is 10.1. The molecular formula is C9H12S. The Labute approximate surface area is 66.4 Å². The quantitative estimate of drug-likeness (QED) is 0.514. The molecule has 1 aliphatic carbocycles. The fraction of sp³-hybridized carbons (Fsp3) is 0.556. The number of thioether (sulfide) groups is 1. The number of allylic oxidation sites excluding steroid dienone is 3. The highest BCUT2D eigenvalue weighted by molar-refractivity contribution is 8.03. The first kappa shape index (κ1) is 6.53. The van der Waals surface area contributed by atoms with E-state index >= 15 is 0 Å². The first-order chi connectivity index (χ1) is 4.97. The van der Waals surface area contributed by atoms with Crippen molar-refractivity contribution in [3.63, 3.8) is 0 Å². The van der Waals surface area contributed by atoms with Crippen LogP contribution in [0, 0.1) is 0 Å². The van der Waals surface area contributed by atoms with E-state index in [1.165, 1.54) is 31.4 Å². The highest BCUT2D eigenvalue weighted by Gasteiger charge is 2.13. The average Bonchev–Trinajstić information content (AvgIpc) is 2.05. The highest BCUT2D eigenvalue weighted by Crippen LogP contribution is 2.36. The zero-order valence-electron chi connectivity index (χ0n) is 6.10. The molecule has 10 heavy (non-hydrogen) atoms. The minimum Gasteiger partial charge on any atom is -0.126 e. The fourth-order valence-corrected chi connectivity index (χ4v) is 2.64. The van der Waals surface area contributed by atoms with Crippen LogP contribution in [-0.2, 0) is 0 Å². The third kappa shape index (κ3) is 1.15. The highest BCUT2D eigenvalue weighted by atomic mass is 32.2. The molecule has 2 rings (SSSR count). The van der Waals surface area contributed by atoms with Gasteiger partial charge in [0.25, 0.3) is 0 Å². The second-order valence-electron chi connectivity index (χ2n) is 2.83. The summed E-state index contributed by atoms with van der Waals surface area (Å²) in [5.74, 6) is 1.34. The van der Waals surface area contributed by atoms with Crippen LogP contribution in [-0.4, -0.2) is 5.75 Å². The summed E-state index contributed by atoms with van der Waals surface area (Å²) in [6.45, 7) is 0. The van der Waals surface area contributed by atoms with Gasteiger partial charge in [0, 0.05) is 4.91 Å². The van der Waals surface area contributed by atoms with Gasteiger partial charge in [0.1, 0.15) is 0 Å². The van der Waals surface area contributed by atoms with Crippen molar-refractivity contribution < 1.29 is 0 Å². The molecule has 0 radical (unpaired) electrons. The molecular weight excluding hydrogens is 140 g/mol. The Morgan fingerprint density at radius 3 is 3.00 bits per heavy atom. The van der Waals surface area contributed by atoms with E-state index in [1.54, 1.807) is 10.5 Å². The number of rotatable bonds is 0. The molecule has 0 aromatic rings. The third-order valence-corrected chi connectivity index (χ3v) is 3.28. The predicted octanol–water partition coefficient (Wildman–Crippen LogP) is 3.12. The summed E-state index contributed by atoms with van der Waals surface area (Å²) in [4.78, 5) is 1.58. The Hall–Kier alpha value is -0.170. The van der Waals surface area contributed by atoms with Crippen LogP contribution in [0.5, 0.6) is 0 Å². The van der Waals surface area contributed by atoms with Crippen LogP contribution < -0.4 is 0 Å². The van der Waals surface area contributed by atoms with Crippen LogP contribution in [0.25, 0.3) is 0 Å². The van der Waals surface area contributed by atoms with E-state index in [-0.39, 0.29) is 0 Å². The summed E-state index contributed by atoms with van der Waals surface area (Å²) >= 11 is 2.04. The van der Waals surface area contributed by atoms with Gasteiger partial charge in [0.2, 0.25) is 0 Å². The standard InChI is InChI=1S/C9H12S/c1-2-6-9-8(4-1)5-3-7-10-9/h4,6H,1-3,5,7H2. The van der Waals surface area contributed by atoms with Crippen LogP contribution in [0.15, 0.2) is 22.6 Å². The smallest absolute Gasteiger partial charge is 0.00610 e. The van der Waals surface area contributed by atoms with E-state index in [9.17, 15) is 0 Å². The number of hydrogen-bond donors (Lipinski definition) is 0. The van der Waals surface area contributed by atoms with Crippen molar-refractivity contribution >= 4 is 11.8 Å². The minimum atomic E-state index is 1.27. The maximum Gasteiger partial charge on any atom is 0.00610 e. The maximum atomic E-state index is 2.42. The van der Waals surface area contributed by atoms with Gasteiger partial charge >= 0.3 is 0 Å². The lowest BCUT2D eigenvalue weighted by Gasteiger charge is -2.20. The van der Waals surface area contributed by atoms with E-state index < -0.39 is 0 Å². The van der Waals surface area contributed by atoms with E-state index in [0.717, 1.165) is 0 Å². The van der Waals surface area contributed by atoms with Crippen molar-refractivity contribution in [2.45, 2.75) is 25.7 Å². The summed E-state index contributed by atoms with van der Waals surface area (Å²) < 4.78 is 0. The zero-order chi connectivity index (χ0) is 6.81. The zero-order valence-corrected chi connectivity index (χ0v) is 6.91. The molecule has 1 fully saturated rings. The first-order valence-electron chi connectivity index (χ1n) is 3.99. The van der Waals surface area contributed by atoms with E-state index in [0.29, 0.717) is 0 Å². The Bertz CT molecular complexity index is 167. The van der Waals surface area contributed by atoms with Crippen molar-refractivity contribution in [2.24, 2.45) is 0 Å². The van der Waals surface area contributed by atoms with E-state index in [2.05, 4.69) is 12.2 Å². The van der Waals surface area contributed by atoms with Gasteiger partial charge in [-0.1, -0.05) is 12.2 Å². The fourth-order valence-electron chi connectivity index (χ4n) is 1.53. The lowest BCUT2D eigenvalue weighted by atomic mass is 10.0. The molecule has 0 atom stereocenters. The van der Waals surface area contributed by atoms with Crippen molar-refractivity contribution in [2.75, 3.05) is 5.75 Å². The molecule has 1 saturated heterocycles. The third-order valence-electron chi connectivity index (χ3n) is 2.05. The van der Waals surface area contributed by atoms with Gasteiger partial charge in [0.15, 0.2) is 0 Å². The lowest BCUT2D eigenvalue weighted by molar-refractivity contribution is 0.883. The molecule has 1 heteroatoms. The van der Waals surface area contributed by atoms with Gasteiger partial charge in [-0.3, -0.25) is 0 Å². The van der Waals surface area contributed by atoms with Crippen molar-refractivity contribution in [1.29, 1.82) is 0 Å². The van der Waals surface area contributed by atoms with Gasteiger partial charge < -0.3 is 0 Å². The largest absolute Gasteiger partial charge is 0.126 e. The van der Waals surface area contributed by atoms with E-state index in [1.807, 2.05) is 11.8 Å². The Morgan fingerprint density at radius 1 is 1.20 bits per heavy atom. The maximum absolute atomic E-state index is 2.42. The summed E-state index contributed by atoms with van der Waals surface area (Å²) in [5, 5.41) is 0. The van der Waals surface area contributed by atoms with Gasteiger partial charge in [-0.05, 0) is 37.0 Å². The van der Waals surface area contributed by atoms with Gasteiger partial charge in [0.05, 0.1) is 0 Å². The monoisotopic (exact) mass is 152 g/mol. The average molecular weight is 152 g/mol. The molecule has 0 saturated carbocycles. The van der Waals surface area contributed by atoms with Gasteiger partial charge in [-0.2, -0.15) is 0 Å². The van der Waals surface area contributed by atoms with Crippen molar-refractivity contribution in [3.8, 4) is 0 Å². The van der Waals surface area contributed by atoms with Crippen molar-refractivity contribution in [3.05, 3.63) is 22.6 Å². The molecule has 0 bridgehead atoms. The summed E-state index contributed by atoms with van der Waals surface area (Å²) in [6, 6.07) is 0. The molecule has 0 unspecified atom stereocenters. The van der Waals surface area contributed by atoms with Gasteiger partial charge in [-0.15, -0.1) is 11.8 Å². The molecule has 0 nitrogen and oxygen atoms in total. The molecule has 0 N–H and O–H groups in total. The predicted molar refractivity (Wildman–Crippen MR) is 47.1 cm³/mol. The second kappa shape index (κ2) is 2.83. The van der Waals surface area contributed by atoms with Crippen LogP contribution in [0.1, 0.15) is 25.7 Å². The van der Waals surface area contributed by atoms with Crippen LogP contribution >= 0.6 is 11.8 Å². The topological polar surface area (TPSA) is 0 Å². The number of hydrogen-bond acceptors (Lipinski definition) is 1. The molecule has 0 amide bonds. The van der Waals surface area contributed by atoms with E-state index in [4.69, 9.17) is 0 Å². The normalized spacial score (nSPS) is 24.8. The lowest BCUT2D eigenvalue weighted by Crippen LogP contribution is -1.99. The summed E-state index contributed by atoms with van der Waals surface area (Å²) in [7, 11) is 0. The molecule has 0 aromatic heterocycles. The second-order valence-corrected chi connectivity index (χ2v) is 3.96. The van der Waals surface area contributed by atoms with Gasteiger partial charge in [-0.25, -0.2) is 0 Å². The SMILES string of the molecule is C1=C2CCCSC2=CCC1. The number of fused-ring (bicyclic) bond motifs is 1. The molecule has 1 aliphatic heterocycles. The first-order valence-corrected chi connectivity index (χ1v) is 4.98. The minimum absolute atomic E-state index is 1.27. The Morgan fingerprint density at radius 2 is 2.10 bits per heavy atom. The molecule has 0 spiro atoms. The Kier molecular flexibility index (Phi) is 1.85. The molecule has 2 aliphatic rings.